The summed E-state index contributed by atoms with van der Waals surface area (Å²) in [6.07, 6.45) is 4.90. The lowest BCUT2D eigenvalue weighted by atomic mass is 10.1. The Balaban J connectivity index is 1.87. The fourth-order valence-corrected chi connectivity index (χ4v) is 2.61. The molecule has 0 radical (unpaired) electrons. The molecule has 0 aliphatic heterocycles. The Kier molecular flexibility index (Phi) is 4.94. The van der Waals surface area contributed by atoms with Crippen LogP contribution < -0.4 is 5.32 Å². The summed E-state index contributed by atoms with van der Waals surface area (Å²) in [7, 11) is 1.25. The van der Waals surface area contributed by atoms with Gasteiger partial charge in [-0.1, -0.05) is 11.6 Å². The van der Waals surface area contributed by atoms with Crippen molar-refractivity contribution < 1.29 is 14.3 Å². The van der Waals surface area contributed by atoms with E-state index in [2.05, 4.69) is 20.5 Å². The predicted molar refractivity (Wildman–Crippen MR) is 94.6 cm³/mol. The van der Waals surface area contributed by atoms with Crippen LogP contribution in [-0.4, -0.2) is 38.7 Å². The van der Waals surface area contributed by atoms with Crippen molar-refractivity contribution in [2.24, 2.45) is 0 Å². The molecular weight excluding hydrogens is 358 g/mol. The van der Waals surface area contributed by atoms with E-state index in [0.29, 0.717) is 22.1 Å². The van der Waals surface area contributed by atoms with Crippen LogP contribution in [0.4, 0.5) is 5.69 Å². The van der Waals surface area contributed by atoms with Crippen LogP contribution in [0.1, 0.15) is 26.4 Å². The molecule has 3 rings (SSSR count). The number of carbonyl (C=O) groups is 2. The molecule has 9 heteroatoms. The van der Waals surface area contributed by atoms with Gasteiger partial charge < -0.3 is 10.1 Å². The minimum Gasteiger partial charge on any atom is -0.465 e. The normalized spacial score (nSPS) is 10.4. The second kappa shape index (κ2) is 7.32. The number of aromatic nitrogens is 4. The molecule has 0 aliphatic carbocycles. The molecule has 0 spiro atoms. The molecule has 1 aromatic carbocycles. The zero-order chi connectivity index (χ0) is 18.7. The fraction of sp³-hybridized carbons (Fsp3) is 0.118. The summed E-state index contributed by atoms with van der Waals surface area (Å²) in [5.41, 5.74) is 1.19. The van der Waals surface area contributed by atoms with Gasteiger partial charge in [0.25, 0.3) is 5.91 Å². The summed E-state index contributed by atoms with van der Waals surface area (Å²) in [6.45, 7) is 1.72. The molecule has 8 nitrogen and oxygen atoms in total. The number of benzene rings is 1. The third kappa shape index (κ3) is 3.55. The van der Waals surface area contributed by atoms with Crippen molar-refractivity contribution in [2.45, 2.75) is 6.92 Å². The number of hydrogen-bond donors (Lipinski definition) is 1. The molecule has 1 N–H and O–H groups in total. The molecule has 0 fully saturated rings. The van der Waals surface area contributed by atoms with Crippen molar-refractivity contribution in [1.29, 1.82) is 0 Å². The molecule has 2 aromatic heterocycles. The van der Waals surface area contributed by atoms with Crippen LogP contribution in [0.3, 0.4) is 0 Å². The van der Waals surface area contributed by atoms with Crippen LogP contribution in [0, 0.1) is 6.92 Å². The molecule has 26 heavy (non-hydrogen) atoms. The van der Waals surface area contributed by atoms with Crippen molar-refractivity contribution in [3.63, 3.8) is 0 Å². The summed E-state index contributed by atoms with van der Waals surface area (Å²) in [5.74, 6) is -0.588. The maximum atomic E-state index is 12.5. The lowest BCUT2D eigenvalue weighted by molar-refractivity contribution is 0.0602. The maximum Gasteiger partial charge on any atom is 0.340 e. The van der Waals surface area contributed by atoms with Crippen LogP contribution in [-0.2, 0) is 4.74 Å². The maximum absolute atomic E-state index is 12.5. The molecular formula is C17H14ClN5O3. The predicted octanol–water partition coefficient (Wildman–Crippen LogP) is 2.66. The number of nitrogens with one attached hydrogen (secondary N) is 1. The molecule has 2 heterocycles. The quantitative estimate of drug-likeness (QED) is 0.708. The molecule has 0 saturated carbocycles. The van der Waals surface area contributed by atoms with E-state index in [4.69, 9.17) is 16.3 Å². The van der Waals surface area contributed by atoms with E-state index in [0.717, 1.165) is 0 Å². The van der Waals surface area contributed by atoms with Gasteiger partial charge in [-0.2, -0.15) is 0 Å². The van der Waals surface area contributed by atoms with Gasteiger partial charge in [0.15, 0.2) is 11.5 Å². The zero-order valence-corrected chi connectivity index (χ0v) is 14.7. The van der Waals surface area contributed by atoms with Crippen molar-refractivity contribution in [2.75, 3.05) is 12.4 Å². The molecule has 0 bridgehead atoms. The average molecular weight is 372 g/mol. The number of amides is 1. The van der Waals surface area contributed by atoms with Gasteiger partial charge in [-0.05, 0) is 36.8 Å². The van der Waals surface area contributed by atoms with Crippen LogP contribution in [0.2, 0.25) is 5.02 Å². The van der Waals surface area contributed by atoms with Crippen LogP contribution in [0.25, 0.3) is 5.82 Å². The number of esters is 1. The summed E-state index contributed by atoms with van der Waals surface area (Å²) < 4.78 is 6.41. The lowest BCUT2D eigenvalue weighted by Crippen LogP contribution is -2.18. The van der Waals surface area contributed by atoms with Crippen LogP contribution in [0.15, 0.2) is 43.0 Å². The number of hydrogen-bond acceptors (Lipinski definition) is 6. The number of halogens is 1. The number of ether oxygens (including phenoxy) is 1. The van der Waals surface area contributed by atoms with Gasteiger partial charge in [-0.3, -0.25) is 9.36 Å². The monoisotopic (exact) mass is 371 g/mol. The standard InChI is InChI=1S/C17H14ClN5O3/c1-10-7-11(18)8-12(17(25)26-2)15(10)20-16(24)13-3-4-14(22-21-13)23-6-5-19-9-23/h3-9H,1-2H3,(H,20,24). The Morgan fingerprint density at radius 2 is 2.04 bits per heavy atom. The van der Waals surface area contributed by atoms with E-state index >= 15 is 0 Å². The van der Waals surface area contributed by atoms with Crippen molar-refractivity contribution in [3.8, 4) is 5.82 Å². The molecule has 0 unspecified atom stereocenters. The Labute approximate surface area is 153 Å². The Bertz CT molecular complexity index is 955. The Morgan fingerprint density at radius 1 is 1.23 bits per heavy atom. The Hall–Kier alpha value is -3.26. The topological polar surface area (TPSA) is 99.0 Å². The van der Waals surface area contributed by atoms with Crippen molar-refractivity contribution in [3.05, 3.63) is 64.8 Å². The summed E-state index contributed by atoms with van der Waals surface area (Å²) in [6, 6.07) is 6.24. The Morgan fingerprint density at radius 3 is 2.65 bits per heavy atom. The van der Waals surface area contributed by atoms with E-state index in [1.807, 2.05) is 0 Å². The summed E-state index contributed by atoms with van der Waals surface area (Å²) in [4.78, 5) is 28.4. The third-order valence-electron chi connectivity index (χ3n) is 3.60. The highest BCUT2D eigenvalue weighted by Gasteiger charge is 2.19. The first-order chi connectivity index (χ1) is 12.5. The number of methoxy groups -OCH3 is 1. The molecule has 0 saturated heterocycles. The van der Waals surface area contributed by atoms with Gasteiger partial charge in [0.05, 0.1) is 18.4 Å². The smallest absolute Gasteiger partial charge is 0.340 e. The first kappa shape index (κ1) is 17.6. The summed E-state index contributed by atoms with van der Waals surface area (Å²) >= 11 is 5.99. The van der Waals surface area contributed by atoms with E-state index < -0.39 is 11.9 Å². The number of rotatable bonds is 4. The fourth-order valence-electron chi connectivity index (χ4n) is 2.34. The van der Waals surface area contributed by atoms with Crippen LogP contribution >= 0.6 is 11.6 Å². The molecule has 1 amide bonds. The van der Waals surface area contributed by atoms with Crippen molar-refractivity contribution in [1.82, 2.24) is 19.7 Å². The van der Waals surface area contributed by atoms with Gasteiger partial charge in [0, 0.05) is 17.4 Å². The van der Waals surface area contributed by atoms with E-state index in [-0.39, 0.29) is 11.3 Å². The van der Waals surface area contributed by atoms with Gasteiger partial charge >= 0.3 is 5.97 Å². The number of aryl methyl sites for hydroxylation is 1. The highest BCUT2D eigenvalue weighted by Crippen LogP contribution is 2.26. The highest BCUT2D eigenvalue weighted by atomic mass is 35.5. The zero-order valence-electron chi connectivity index (χ0n) is 13.9. The lowest BCUT2D eigenvalue weighted by Gasteiger charge is -2.13. The minimum absolute atomic E-state index is 0.0963. The third-order valence-corrected chi connectivity index (χ3v) is 3.81. The van der Waals surface area contributed by atoms with Gasteiger partial charge in [-0.25, -0.2) is 9.78 Å². The summed E-state index contributed by atoms with van der Waals surface area (Å²) in [5, 5.41) is 11.0. The second-order valence-corrected chi connectivity index (χ2v) is 5.77. The second-order valence-electron chi connectivity index (χ2n) is 5.34. The largest absolute Gasteiger partial charge is 0.465 e. The van der Waals surface area contributed by atoms with Gasteiger partial charge in [0.2, 0.25) is 0 Å². The number of anilines is 1. The molecule has 132 valence electrons. The molecule has 0 atom stereocenters. The van der Waals surface area contributed by atoms with Gasteiger partial charge in [-0.15, -0.1) is 10.2 Å². The van der Waals surface area contributed by atoms with E-state index in [1.54, 1.807) is 42.3 Å². The number of carbonyl (C=O) groups excluding carboxylic acids is 2. The van der Waals surface area contributed by atoms with Crippen molar-refractivity contribution >= 4 is 29.2 Å². The van der Waals surface area contributed by atoms with Gasteiger partial charge in [0.1, 0.15) is 6.33 Å². The van der Waals surface area contributed by atoms with E-state index in [1.165, 1.54) is 19.2 Å². The molecule has 0 aliphatic rings. The number of imidazole rings is 1. The van der Waals surface area contributed by atoms with E-state index in [9.17, 15) is 9.59 Å². The minimum atomic E-state index is -0.604. The molecule has 3 aromatic rings. The average Bonchev–Trinajstić information content (AvgIpc) is 3.17. The van der Waals surface area contributed by atoms with Crippen LogP contribution in [0.5, 0.6) is 0 Å². The first-order valence-corrected chi connectivity index (χ1v) is 7.89. The highest BCUT2D eigenvalue weighted by molar-refractivity contribution is 6.31. The number of nitrogens with zero attached hydrogens (tertiary/aromatic N) is 4. The first-order valence-electron chi connectivity index (χ1n) is 7.51. The SMILES string of the molecule is COC(=O)c1cc(Cl)cc(C)c1NC(=O)c1ccc(-n2ccnc2)nn1.